The normalized spacial score (nSPS) is 16.8. The number of hydrogen-bond donors (Lipinski definition) is 1. The molecule has 1 N–H and O–H groups in total. The van der Waals surface area contributed by atoms with Crippen LogP contribution in [0.25, 0.3) is 0 Å². The Labute approximate surface area is 48.3 Å². The minimum absolute atomic E-state index is 0.657. The molecular weight excluding hydrogens is 107 g/mol. The minimum Gasteiger partial charge on any atom is -0.303 e. The number of halogens is 1. The summed E-state index contributed by atoms with van der Waals surface area (Å²) in [5.74, 6) is 0. The van der Waals surface area contributed by atoms with Crippen LogP contribution in [0.5, 0.6) is 0 Å². The third-order valence-corrected chi connectivity index (χ3v) is 0.909. The van der Waals surface area contributed by atoms with E-state index in [9.17, 15) is 4.39 Å². The summed E-state index contributed by atoms with van der Waals surface area (Å²) in [6.07, 6.45) is -1.09. The summed E-state index contributed by atoms with van der Waals surface area (Å²) in [4.78, 5) is 0. The van der Waals surface area contributed by atoms with Gasteiger partial charge in [0.05, 0.1) is 6.07 Å². The zero-order valence-corrected chi connectivity index (χ0v) is 4.98. The Morgan fingerprint density at radius 3 is 2.25 bits per heavy atom. The Kier molecular flexibility index (Phi) is 3.13. The Balaban J connectivity index is 3.57. The highest BCUT2D eigenvalue weighted by Crippen LogP contribution is 1.93. The van der Waals surface area contributed by atoms with E-state index in [-0.39, 0.29) is 0 Å². The van der Waals surface area contributed by atoms with Gasteiger partial charge >= 0.3 is 0 Å². The molecule has 0 aromatic rings. The molecule has 0 aliphatic heterocycles. The highest BCUT2D eigenvalue weighted by atomic mass is 19.1. The average Bonchev–Trinajstić information content (AvgIpc) is 1.69. The molecule has 0 aliphatic rings. The molecule has 0 spiro atoms. The second-order valence-corrected chi connectivity index (χ2v) is 1.57. The lowest BCUT2D eigenvalue weighted by Gasteiger charge is -2.05. The molecule has 0 aromatic heterocycles. The van der Waals surface area contributed by atoms with Gasteiger partial charge in [-0.3, -0.25) is 0 Å². The van der Waals surface area contributed by atoms with Crippen molar-refractivity contribution in [3.63, 3.8) is 0 Å². The molecular formula is C5H9FN2. The van der Waals surface area contributed by atoms with Crippen molar-refractivity contribution in [1.29, 1.82) is 5.26 Å². The molecule has 0 aliphatic carbocycles. The molecule has 0 aromatic carbocycles. The van der Waals surface area contributed by atoms with Crippen molar-refractivity contribution in [1.82, 2.24) is 5.32 Å². The van der Waals surface area contributed by atoms with Crippen molar-refractivity contribution in [3.05, 3.63) is 0 Å². The second kappa shape index (κ2) is 3.39. The van der Waals surface area contributed by atoms with E-state index in [1.54, 1.807) is 13.1 Å². The molecule has 0 rings (SSSR count). The molecule has 0 bridgehead atoms. The van der Waals surface area contributed by atoms with Crippen molar-refractivity contribution in [2.45, 2.75) is 19.1 Å². The fourth-order valence-electron chi connectivity index (χ4n) is 0.397. The van der Waals surface area contributed by atoms with Crippen molar-refractivity contribution in [2.75, 3.05) is 7.05 Å². The summed E-state index contributed by atoms with van der Waals surface area (Å²) < 4.78 is 12.1. The van der Waals surface area contributed by atoms with E-state index in [1.807, 2.05) is 0 Å². The van der Waals surface area contributed by atoms with E-state index in [0.29, 0.717) is 0 Å². The molecule has 46 valence electrons. The van der Waals surface area contributed by atoms with Gasteiger partial charge in [0, 0.05) is 0 Å². The zero-order chi connectivity index (χ0) is 6.57. The van der Waals surface area contributed by atoms with Gasteiger partial charge < -0.3 is 5.32 Å². The minimum atomic E-state index is -1.09. The Bertz CT molecular complexity index is 95.1. The third-order valence-electron chi connectivity index (χ3n) is 0.909. The number of rotatable bonds is 2. The summed E-state index contributed by atoms with van der Waals surface area (Å²) in [6.45, 7) is 1.35. The summed E-state index contributed by atoms with van der Waals surface area (Å²) in [5, 5.41) is 10.7. The SMILES string of the molecule is CNC(C#N)C(C)F. The Morgan fingerprint density at radius 1 is 1.75 bits per heavy atom. The van der Waals surface area contributed by atoms with Crippen LogP contribution in [0, 0.1) is 11.3 Å². The Morgan fingerprint density at radius 2 is 2.25 bits per heavy atom. The molecule has 8 heavy (non-hydrogen) atoms. The summed E-state index contributed by atoms with van der Waals surface area (Å²) >= 11 is 0. The molecule has 0 amide bonds. The molecule has 3 heteroatoms. The van der Waals surface area contributed by atoms with Crippen LogP contribution in [-0.4, -0.2) is 19.3 Å². The fraction of sp³-hybridized carbons (Fsp3) is 0.800. The van der Waals surface area contributed by atoms with Crippen LogP contribution in [0.4, 0.5) is 4.39 Å². The number of nitrogens with zero attached hydrogens (tertiary/aromatic N) is 1. The van der Waals surface area contributed by atoms with Gasteiger partial charge in [-0.2, -0.15) is 5.26 Å². The van der Waals surface area contributed by atoms with Crippen LogP contribution >= 0.6 is 0 Å². The lowest BCUT2D eigenvalue weighted by molar-refractivity contribution is 0.315. The predicted octanol–water partition coefficient (Wildman–Crippen LogP) is 0.456. The summed E-state index contributed by atoms with van der Waals surface area (Å²) in [6, 6.07) is 1.11. The average molecular weight is 116 g/mol. The molecule has 0 radical (unpaired) electrons. The van der Waals surface area contributed by atoms with Gasteiger partial charge in [0.25, 0.3) is 0 Å². The van der Waals surface area contributed by atoms with E-state index >= 15 is 0 Å². The topological polar surface area (TPSA) is 35.8 Å². The molecule has 0 saturated heterocycles. The predicted molar refractivity (Wildman–Crippen MR) is 29.0 cm³/mol. The first-order valence-corrected chi connectivity index (χ1v) is 2.43. The smallest absolute Gasteiger partial charge is 0.126 e. The van der Waals surface area contributed by atoms with Crippen LogP contribution < -0.4 is 5.32 Å². The maximum Gasteiger partial charge on any atom is 0.126 e. The van der Waals surface area contributed by atoms with Gasteiger partial charge in [-0.1, -0.05) is 0 Å². The highest BCUT2D eigenvalue weighted by molar-refractivity contribution is 4.92. The van der Waals surface area contributed by atoms with Crippen LogP contribution in [0.2, 0.25) is 0 Å². The quantitative estimate of drug-likeness (QED) is 0.568. The molecule has 2 atom stereocenters. The lowest BCUT2D eigenvalue weighted by atomic mass is 10.2. The second-order valence-electron chi connectivity index (χ2n) is 1.57. The third kappa shape index (κ3) is 1.90. The lowest BCUT2D eigenvalue weighted by Crippen LogP contribution is -2.31. The maximum atomic E-state index is 12.1. The van der Waals surface area contributed by atoms with Gasteiger partial charge in [-0.25, -0.2) is 4.39 Å². The monoisotopic (exact) mass is 116 g/mol. The van der Waals surface area contributed by atoms with Crippen molar-refractivity contribution in [3.8, 4) is 6.07 Å². The van der Waals surface area contributed by atoms with E-state index in [0.717, 1.165) is 0 Å². The zero-order valence-electron chi connectivity index (χ0n) is 4.98. The first kappa shape index (κ1) is 7.38. The molecule has 2 nitrogen and oxygen atoms in total. The van der Waals surface area contributed by atoms with Gasteiger partial charge in [0.2, 0.25) is 0 Å². The number of nitrogens with one attached hydrogen (secondary N) is 1. The van der Waals surface area contributed by atoms with E-state index < -0.39 is 12.2 Å². The largest absolute Gasteiger partial charge is 0.303 e. The van der Waals surface area contributed by atoms with Crippen molar-refractivity contribution >= 4 is 0 Å². The first-order valence-electron chi connectivity index (χ1n) is 2.43. The van der Waals surface area contributed by atoms with Crippen LogP contribution in [0.15, 0.2) is 0 Å². The number of nitriles is 1. The van der Waals surface area contributed by atoms with Gasteiger partial charge in [0.15, 0.2) is 0 Å². The fourth-order valence-corrected chi connectivity index (χ4v) is 0.397. The molecule has 0 fully saturated rings. The van der Waals surface area contributed by atoms with Gasteiger partial charge in [0.1, 0.15) is 12.2 Å². The van der Waals surface area contributed by atoms with Gasteiger partial charge in [-0.15, -0.1) is 0 Å². The van der Waals surface area contributed by atoms with Gasteiger partial charge in [-0.05, 0) is 14.0 Å². The first-order chi connectivity index (χ1) is 3.72. The van der Waals surface area contributed by atoms with Crippen LogP contribution in [0.1, 0.15) is 6.92 Å². The van der Waals surface area contributed by atoms with E-state index in [1.165, 1.54) is 6.92 Å². The highest BCUT2D eigenvalue weighted by Gasteiger charge is 2.11. The summed E-state index contributed by atoms with van der Waals surface area (Å²) in [5.41, 5.74) is 0. The van der Waals surface area contributed by atoms with E-state index in [2.05, 4.69) is 5.32 Å². The van der Waals surface area contributed by atoms with Crippen LogP contribution in [-0.2, 0) is 0 Å². The van der Waals surface area contributed by atoms with Crippen molar-refractivity contribution in [2.24, 2.45) is 0 Å². The van der Waals surface area contributed by atoms with E-state index in [4.69, 9.17) is 5.26 Å². The summed E-state index contributed by atoms with van der Waals surface area (Å²) in [7, 11) is 1.56. The number of hydrogen-bond acceptors (Lipinski definition) is 2. The standard InChI is InChI=1S/C5H9FN2/c1-4(6)5(3-7)8-2/h4-5,8H,1-2H3. The molecule has 0 saturated carbocycles. The van der Waals surface area contributed by atoms with Crippen molar-refractivity contribution < 1.29 is 4.39 Å². The number of alkyl halides is 1. The molecule has 0 heterocycles. The Hall–Kier alpha value is -0.620. The maximum absolute atomic E-state index is 12.1. The van der Waals surface area contributed by atoms with Crippen LogP contribution in [0.3, 0.4) is 0 Å². The molecule has 2 unspecified atom stereocenters.